The zero-order valence-electron chi connectivity index (χ0n) is 9.01. The lowest BCUT2D eigenvalue weighted by Crippen LogP contribution is -2.15. The molecule has 0 saturated carbocycles. The van der Waals surface area contributed by atoms with Gasteiger partial charge in [-0.1, -0.05) is 33.1 Å². The Hall–Kier alpha value is -1.35. The fraction of sp³-hybridized carbons (Fsp3) is 0.273. The third-order valence-corrected chi connectivity index (χ3v) is 1.81. The highest BCUT2D eigenvalue weighted by Crippen LogP contribution is 2.04. The molecule has 0 aromatic carbocycles. The normalized spacial score (nSPS) is 8.73. The summed E-state index contributed by atoms with van der Waals surface area (Å²) in [6, 6.07) is 0. The number of alkyl halides is 1. The lowest BCUT2D eigenvalue weighted by molar-refractivity contribution is 0.984. The van der Waals surface area contributed by atoms with Gasteiger partial charge in [0.05, 0.1) is 17.1 Å². The Labute approximate surface area is 94.5 Å². The summed E-state index contributed by atoms with van der Waals surface area (Å²) in [5.74, 6) is 0.611. The van der Waals surface area contributed by atoms with Crippen molar-refractivity contribution in [3.8, 4) is 0 Å². The number of rotatable bonds is 3. The fourth-order valence-electron chi connectivity index (χ4n) is 0.964. The highest BCUT2D eigenvalue weighted by atomic mass is 35.5. The molecule has 4 heteroatoms. The summed E-state index contributed by atoms with van der Waals surface area (Å²) in [6.45, 7) is 11.1. The van der Waals surface area contributed by atoms with Crippen molar-refractivity contribution in [1.29, 1.82) is 0 Å². The average Bonchev–Trinajstić information content (AvgIpc) is 2.30. The second-order valence-corrected chi connectivity index (χ2v) is 2.62. The molecule has 0 radical (unpaired) electrons. The quantitative estimate of drug-likeness (QED) is 0.806. The number of halogens is 1. The van der Waals surface area contributed by atoms with Crippen molar-refractivity contribution in [3.05, 3.63) is 40.6 Å². The number of hydrogen-bond acceptors (Lipinski definition) is 2. The molecule has 1 rings (SSSR count). The van der Waals surface area contributed by atoms with Gasteiger partial charge in [-0.15, -0.1) is 11.6 Å². The minimum atomic E-state index is -0.240. The van der Waals surface area contributed by atoms with E-state index in [2.05, 4.69) is 23.1 Å². The Kier molecular flexibility index (Phi) is 6.38. The maximum absolute atomic E-state index is 11.3. The number of H-pyrrole nitrogens is 1. The average molecular weight is 227 g/mol. The van der Waals surface area contributed by atoms with Crippen LogP contribution in [-0.2, 0) is 5.88 Å². The van der Waals surface area contributed by atoms with Gasteiger partial charge in [0, 0.05) is 0 Å². The number of nitrogens with one attached hydrogen (secondary N) is 1. The van der Waals surface area contributed by atoms with Crippen LogP contribution in [0.2, 0.25) is 0 Å². The molecular weight excluding hydrogens is 212 g/mol. The summed E-state index contributed by atoms with van der Waals surface area (Å²) in [7, 11) is 0. The summed E-state index contributed by atoms with van der Waals surface area (Å²) in [4.78, 5) is 17.9. The molecule has 0 spiro atoms. The molecule has 0 aliphatic heterocycles. The first-order chi connectivity index (χ1) is 7.22. The molecular formula is C11H15ClN2O. The molecule has 0 amide bonds. The van der Waals surface area contributed by atoms with Gasteiger partial charge in [-0.3, -0.25) is 4.79 Å². The van der Waals surface area contributed by atoms with Gasteiger partial charge in [-0.05, 0) is 6.08 Å². The Balaban J connectivity index is 0.000000921. The van der Waals surface area contributed by atoms with Crippen LogP contribution in [0.25, 0.3) is 12.2 Å². The van der Waals surface area contributed by atoms with Gasteiger partial charge < -0.3 is 4.98 Å². The van der Waals surface area contributed by atoms with Crippen LogP contribution in [0, 0.1) is 0 Å². The van der Waals surface area contributed by atoms with Crippen molar-refractivity contribution in [2.24, 2.45) is 0 Å². The van der Waals surface area contributed by atoms with Gasteiger partial charge in [0.1, 0.15) is 5.82 Å². The Bertz CT molecular complexity index is 396. The lowest BCUT2D eigenvalue weighted by Gasteiger charge is -2.00. The number of aromatic nitrogens is 2. The summed E-state index contributed by atoms with van der Waals surface area (Å²) >= 11 is 5.53. The Morgan fingerprint density at radius 1 is 1.40 bits per heavy atom. The van der Waals surface area contributed by atoms with Crippen molar-refractivity contribution in [3.63, 3.8) is 0 Å². The lowest BCUT2D eigenvalue weighted by atomic mass is 10.2. The van der Waals surface area contributed by atoms with E-state index in [9.17, 15) is 4.79 Å². The summed E-state index contributed by atoms with van der Waals surface area (Å²) in [5, 5.41) is 0. The first-order valence-electron chi connectivity index (χ1n) is 4.67. The molecule has 0 saturated heterocycles. The number of hydrogen-bond donors (Lipinski definition) is 1. The van der Waals surface area contributed by atoms with Gasteiger partial charge in [-0.2, -0.15) is 0 Å². The van der Waals surface area contributed by atoms with E-state index in [0.717, 1.165) is 0 Å². The van der Waals surface area contributed by atoms with Gasteiger partial charge in [0.2, 0.25) is 0 Å². The van der Waals surface area contributed by atoms with Crippen molar-refractivity contribution in [1.82, 2.24) is 9.97 Å². The van der Waals surface area contributed by atoms with E-state index >= 15 is 0 Å². The molecule has 0 aliphatic carbocycles. The van der Waals surface area contributed by atoms with Crippen molar-refractivity contribution < 1.29 is 0 Å². The molecule has 0 bridgehead atoms. The van der Waals surface area contributed by atoms with E-state index in [-0.39, 0.29) is 11.4 Å². The fourth-order valence-corrected chi connectivity index (χ4v) is 1.09. The van der Waals surface area contributed by atoms with Crippen LogP contribution in [0.4, 0.5) is 0 Å². The van der Waals surface area contributed by atoms with Crippen molar-refractivity contribution in [2.75, 3.05) is 0 Å². The van der Waals surface area contributed by atoms with Crippen LogP contribution in [0.3, 0.4) is 0 Å². The molecule has 1 aromatic heterocycles. The third-order valence-electron chi connectivity index (χ3n) is 1.56. The highest BCUT2D eigenvalue weighted by Gasteiger charge is 2.04. The maximum Gasteiger partial charge on any atom is 0.258 e. The van der Waals surface area contributed by atoms with Gasteiger partial charge in [0.15, 0.2) is 0 Å². The van der Waals surface area contributed by atoms with Crippen molar-refractivity contribution in [2.45, 2.75) is 19.7 Å². The zero-order valence-corrected chi connectivity index (χ0v) is 9.77. The van der Waals surface area contributed by atoms with Crippen LogP contribution in [0.15, 0.2) is 18.0 Å². The summed E-state index contributed by atoms with van der Waals surface area (Å²) in [5.41, 5.74) is 0.689. The van der Waals surface area contributed by atoms with Crippen LogP contribution >= 0.6 is 11.6 Å². The van der Waals surface area contributed by atoms with Crippen molar-refractivity contribution >= 4 is 23.8 Å². The molecule has 1 N–H and O–H groups in total. The Morgan fingerprint density at radius 2 is 2.00 bits per heavy atom. The van der Waals surface area contributed by atoms with Crippen LogP contribution in [0.5, 0.6) is 0 Å². The predicted molar refractivity (Wildman–Crippen MR) is 65.9 cm³/mol. The van der Waals surface area contributed by atoms with E-state index in [1.807, 2.05) is 13.8 Å². The SMILES string of the molecule is C=Cc1nc(CCl)[nH]c(=O)c1C=C.CC. The van der Waals surface area contributed by atoms with Gasteiger partial charge in [0.25, 0.3) is 5.56 Å². The van der Waals surface area contributed by atoms with E-state index in [1.54, 1.807) is 0 Å². The Morgan fingerprint density at radius 3 is 2.40 bits per heavy atom. The monoisotopic (exact) mass is 226 g/mol. The minimum absolute atomic E-state index is 0.174. The van der Waals surface area contributed by atoms with Crippen LogP contribution < -0.4 is 5.56 Å². The van der Waals surface area contributed by atoms with Crippen LogP contribution in [-0.4, -0.2) is 9.97 Å². The number of aromatic amines is 1. The molecule has 1 aromatic rings. The molecule has 15 heavy (non-hydrogen) atoms. The smallest absolute Gasteiger partial charge is 0.258 e. The molecule has 0 atom stereocenters. The molecule has 1 heterocycles. The summed E-state index contributed by atoms with van der Waals surface area (Å²) in [6.07, 6.45) is 2.95. The second kappa shape index (κ2) is 7.01. The standard InChI is InChI=1S/C9H9ClN2O.C2H6/c1-3-6-7(4-2)11-8(5-10)12-9(6)13;1-2/h3-4H,1-2,5H2,(H,11,12,13);1-2H3. The largest absolute Gasteiger partial charge is 0.309 e. The van der Waals surface area contributed by atoms with Crippen LogP contribution in [0.1, 0.15) is 30.9 Å². The topological polar surface area (TPSA) is 45.8 Å². The molecule has 0 fully saturated rings. The van der Waals surface area contributed by atoms with E-state index in [0.29, 0.717) is 17.1 Å². The maximum atomic E-state index is 11.3. The van der Waals surface area contributed by atoms with Gasteiger partial charge >= 0.3 is 0 Å². The van der Waals surface area contributed by atoms with E-state index in [4.69, 9.17) is 11.6 Å². The molecule has 0 aliphatic rings. The first kappa shape index (κ1) is 13.7. The third kappa shape index (κ3) is 3.36. The zero-order chi connectivity index (χ0) is 11.8. The highest BCUT2D eigenvalue weighted by molar-refractivity contribution is 6.16. The first-order valence-corrected chi connectivity index (χ1v) is 5.20. The van der Waals surface area contributed by atoms with Gasteiger partial charge in [-0.25, -0.2) is 4.98 Å². The predicted octanol–water partition coefficient (Wildman–Crippen LogP) is 2.82. The second-order valence-electron chi connectivity index (χ2n) is 2.35. The van der Waals surface area contributed by atoms with E-state index in [1.165, 1.54) is 12.2 Å². The summed E-state index contributed by atoms with van der Waals surface area (Å²) < 4.78 is 0. The molecule has 0 unspecified atom stereocenters. The minimum Gasteiger partial charge on any atom is -0.309 e. The molecule has 82 valence electrons. The molecule has 3 nitrogen and oxygen atoms in total. The number of nitrogens with zero attached hydrogens (tertiary/aromatic N) is 1. The van der Waals surface area contributed by atoms with E-state index < -0.39 is 0 Å².